The Kier molecular flexibility index (Phi) is 7.12. The molecule has 0 aliphatic heterocycles. The summed E-state index contributed by atoms with van der Waals surface area (Å²) in [6, 6.07) is 17.7. The summed E-state index contributed by atoms with van der Waals surface area (Å²) in [6.45, 7) is 4.07. The summed E-state index contributed by atoms with van der Waals surface area (Å²) in [6.07, 6.45) is 1.58. The van der Waals surface area contributed by atoms with Gasteiger partial charge in [-0.15, -0.1) is 10.2 Å². The third-order valence-electron chi connectivity index (χ3n) is 4.84. The van der Waals surface area contributed by atoms with E-state index in [9.17, 15) is 13.0 Å². The molecule has 0 bridgehead atoms. The number of rotatable bonds is 4. The van der Waals surface area contributed by atoms with Gasteiger partial charge in [0.25, 0.3) is 10.1 Å². The maximum atomic E-state index is 11.8. The quantitative estimate of drug-likeness (QED) is 0.191. The van der Waals surface area contributed by atoms with E-state index in [1.54, 1.807) is 36.5 Å². The molecule has 7 nitrogen and oxygen atoms in total. The second-order valence-electron chi connectivity index (χ2n) is 7.31. The van der Waals surface area contributed by atoms with Gasteiger partial charge in [-0.3, -0.25) is 9.54 Å². The zero-order valence-corrected chi connectivity index (χ0v) is 17.8. The molecule has 0 aliphatic carbocycles. The fraction of sp³-hybridized carbons (Fsp3) is 0.0870. The van der Waals surface area contributed by atoms with Crippen LogP contribution in [0.1, 0.15) is 11.1 Å². The van der Waals surface area contributed by atoms with Crippen molar-refractivity contribution in [2.45, 2.75) is 18.7 Å². The topological polar surface area (TPSA) is 118 Å². The summed E-state index contributed by atoms with van der Waals surface area (Å²) in [5.41, 5.74) is 11.2. The molecule has 0 spiro atoms. The van der Waals surface area contributed by atoms with Gasteiger partial charge < -0.3 is 5.73 Å². The Labute approximate surface area is 208 Å². The number of aromatic nitrogens is 1. The van der Waals surface area contributed by atoms with Gasteiger partial charge in [-0.1, -0.05) is 41.5 Å². The van der Waals surface area contributed by atoms with E-state index in [-0.39, 0.29) is 45.8 Å². The van der Waals surface area contributed by atoms with Crippen molar-refractivity contribution in [3.05, 3.63) is 78.0 Å². The first kappa shape index (κ1) is 24.0. The van der Waals surface area contributed by atoms with Crippen molar-refractivity contribution in [2.24, 2.45) is 10.2 Å². The molecule has 0 atom stereocenters. The zero-order valence-electron chi connectivity index (χ0n) is 16.9. The molecule has 0 aliphatic rings. The van der Waals surface area contributed by atoms with Crippen LogP contribution in [0.25, 0.3) is 22.0 Å². The molecule has 3 N–H and O–H groups in total. The number of nitrogen functional groups attached to an aromatic ring is 1. The second kappa shape index (κ2) is 9.48. The molecule has 0 amide bonds. The van der Waals surface area contributed by atoms with Gasteiger partial charge in [0.2, 0.25) is 0 Å². The summed E-state index contributed by atoms with van der Waals surface area (Å²) in [7, 11) is -4.46. The van der Waals surface area contributed by atoms with Crippen LogP contribution in [0.4, 0.5) is 17.1 Å². The number of nitrogens with zero attached hydrogens (tertiary/aromatic N) is 3. The fourth-order valence-electron chi connectivity index (χ4n) is 3.50. The normalized spacial score (nSPS) is 11.6. The van der Waals surface area contributed by atoms with Gasteiger partial charge in [0.05, 0.1) is 17.6 Å². The maximum absolute atomic E-state index is 11.8. The molecule has 3 aromatic carbocycles. The molecular weight excluding hydrogens is 435 g/mol. The Bertz CT molecular complexity index is 1420. The molecule has 4 aromatic rings. The van der Waals surface area contributed by atoms with E-state index in [0.717, 1.165) is 22.4 Å². The Balaban J connectivity index is 0.00000289. The van der Waals surface area contributed by atoms with Crippen LogP contribution in [-0.2, 0) is 10.1 Å². The molecule has 32 heavy (non-hydrogen) atoms. The molecule has 0 saturated carbocycles. The average Bonchev–Trinajstić information content (AvgIpc) is 2.72. The van der Waals surface area contributed by atoms with Gasteiger partial charge in [0.1, 0.15) is 16.3 Å². The first-order chi connectivity index (χ1) is 14.7. The standard InChI is InChI=1S/C23H20N4O3S.Na.H/c1-14-9-15(2)11-16(10-14)20-8-7-17(13-25-20)26-27-21-12-22(31(28,29)30)18-5-3-4-6-19(18)23(21)24;;/h3-13H,24H2,1-2H3,(H,28,29,30);;/b27-26+;;. The minimum atomic E-state index is -4.46. The molecule has 4 rings (SSSR count). The van der Waals surface area contributed by atoms with Crippen molar-refractivity contribution < 1.29 is 13.0 Å². The van der Waals surface area contributed by atoms with Gasteiger partial charge in [-0.2, -0.15) is 8.42 Å². The van der Waals surface area contributed by atoms with E-state index in [4.69, 9.17) is 5.73 Å². The first-order valence-electron chi connectivity index (χ1n) is 9.47. The molecule has 0 radical (unpaired) electrons. The predicted octanol–water partition coefficient (Wildman–Crippen LogP) is 5.11. The SMILES string of the molecule is Cc1cc(C)cc(-c2ccc(/N=N/c3cc(S(=O)(=O)O)c4ccccc4c3N)cn2)c1.[NaH]. The van der Waals surface area contributed by atoms with Crippen LogP contribution < -0.4 is 5.73 Å². The van der Waals surface area contributed by atoms with E-state index in [1.807, 2.05) is 19.9 Å². The summed E-state index contributed by atoms with van der Waals surface area (Å²) in [4.78, 5) is 4.18. The fourth-order valence-corrected chi connectivity index (χ4v) is 4.21. The minimum absolute atomic E-state index is 0. The number of hydrogen-bond donors (Lipinski definition) is 2. The van der Waals surface area contributed by atoms with Crippen molar-refractivity contribution in [1.29, 1.82) is 0 Å². The van der Waals surface area contributed by atoms with Crippen LogP contribution in [0.3, 0.4) is 0 Å². The number of nitrogens with two attached hydrogens (primary N) is 1. The number of aryl methyl sites for hydroxylation is 2. The molecule has 158 valence electrons. The van der Waals surface area contributed by atoms with Crippen molar-refractivity contribution in [3.8, 4) is 11.3 Å². The van der Waals surface area contributed by atoms with Gasteiger partial charge in [0, 0.05) is 16.3 Å². The Morgan fingerprint density at radius 3 is 2.16 bits per heavy atom. The van der Waals surface area contributed by atoms with E-state index in [1.165, 1.54) is 6.07 Å². The molecule has 9 heteroatoms. The van der Waals surface area contributed by atoms with Crippen molar-refractivity contribution >= 4 is 67.5 Å². The third kappa shape index (κ3) is 5.06. The number of hydrogen-bond acceptors (Lipinski definition) is 6. The molecule has 0 saturated heterocycles. The van der Waals surface area contributed by atoms with Gasteiger partial charge in [-0.05, 0) is 44.2 Å². The summed E-state index contributed by atoms with van der Waals surface area (Å²) >= 11 is 0. The predicted molar refractivity (Wildman–Crippen MR) is 129 cm³/mol. The number of benzene rings is 3. The van der Waals surface area contributed by atoms with Crippen molar-refractivity contribution in [2.75, 3.05) is 5.73 Å². The van der Waals surface area contributed by atoms with Gasteiger partial charge >= 0.3 is 29.6 Å². The van der Waals surface area contributed by atoms with Gasteiger partial charge in [0.15, 0.2) is 0 Å². The second-order valence-corrected chi connectivity index (χ2v) is 8.70. The number of anilines is 1. The monoisotopic (exact) mass is 456 g/mol. The third-order valence-corrected chi connectivity index (χ3v) is 5.74. The number of pyridine rings is 1. The van der Waals surface area contributed by atoms with Gasteiger partial charge in [-0.25, -0.2) is 0 Å². The Hall–Kier alpha value is -2.62. The Morgan fingerprint density at radius 1 is 0.906 bits per heavy atom. The number of azo groups is 1. The average molecular weight is 457 g/mol. The zero-order chi connectivity index (χ0) is 22.2. The molecule has 0 unspecified atom stereocenters. The van der Waals surface area contributed by atoms with Crippen LogP contribution in [0.2, 0.25) is 0 Å². The molecule has 1 aromatic heterocycles. The van der Waals surface area contributed by atoms with Crippen LogP contribution in [0, 0.1) is 13.8 Å². The van der Waals surface area contributed by atoms with Crippen molar-refractivity contribution in [3.63, 3.8) is 0 Å². The van der Waals surface area contributed by atoms with E-state index < -0.39 is 10.1 Å². The summed E-state index contributed by atoms with van der Waals surface area (Å²) in [5.74, 6) is 0. The van der Waals surface area contributed by atoms with Crippen molar-refractivity contribution in [1.82, 2.24) is 4.98 Å². The van der Waals surface area contributed by atoms with E-state index in [2.05, 4.69) is 33.4 Å². The molecule has 0 fully saturated rings. The number of fused-ring (bicyclic) bond motifs is 1. The summed E-state index contributed by atoms with van der Waals surface area (Å²) < 4.78 is 33.3. The van der Waals surface area contributed by atoms with Crippen LogP contribution in [0.5, 0.6) is 0 Å². The Morgan fingerprint density at radius 2 is 1.56 bits per heavy atom. The van der Waals surface area contributed by atoms with Crippen LogP contribution in [0.15, 0.2) is 82.0 Å². The van der Waals surface area contributed by atoms with E-state index in [0.29, 0.717) is 16.5 Å². The first-order valence-corrected chi connectivity index (χ1v) is 10.9. The van der Waals surface area contributed by atoms with E-state index >= 15 is 0 Å². The van der Waals surface area contributed by atoms with Crippen LogP contribution >= 0.6 is 0 Å². The molecular formula is C23H21N4NaO3S. The van der Waals surface area contributed by atoms with Crippen LogP contribution in [-0.4, -0.2) is 47.5 Å². The summed E-state index contributed by atoms with van der Waals surface area (Å²) in [5, 5.41) is 9.05. The molecule has 1 heterocycles.